The van der Waals surface area contributed by atoms with Gasteiger partial charge in [-0.2, -0.15) is 13.2 Å². The van der Waals surface area contributed by atoms with Crippen LogP contribution in [0.3, 0.4) is 0 Å². The topological polar surface area (TPSA) is 71.7 Å². The van der Waals surface area contributed by atoms with E-state index in [1.807, 2.05) is 61.6 Å². The number of nitrogens with zero attached hydrogens (tertiary/aromatic N) is 4. The second-order valence-electron chi connectivity index (χ2n) is 9.87. The molecular weight excluding hydrogens is 521 g/mol. The molecule has 40 heavy (non-hydrogen) atoms. The van der Waals surface area contributed by atoms with E-state index in [1.54, 1.807) is 4.90 Å². The summed E-state index contributed by atoms with van der Waals surface area (Å²) in [6.07, 6.45) is -3.21. The Kier molecular flexibility index (Phi) is 8.16. The normalized spacial score (nSPS) is 14.5. The van der Waals surface area contributed by atoms with Crippen LogP contribution in [0.4, 0.5) is 13.2 Å². The van der Waals surface area contributed by atoms with E-state index in [-0.39, 0.29) is 17.6 Å². The summed E-state index contributed by atoms with van der Waals surface area (Å²) in [6.45, 7) is 2.10. The van der Waals surface area contributed by atoms with Crippen molar-refractivity contribution in [1.82, 2.24) is 20.0 Å². The van der Waals surface area contributed by atoms with Crippen LogP contribution in [0, 0.1) is 0 Å². The zero-order valence-corrected chi connectivity index (χ0v) is 22.0. The molecule has 0 unspecified atom stereocenters. The molecule has 0 atom stereocenters. The maximum Gasteiger partial charge on any atom is 0.416 e. The molecule has 5 rings (SSSR count). The van der Waals surface area contributed by atoms with Gasteiger partial charge in [0.15, 0.2) is 0 Å². The molecule has 0 spiro atoms. The predicted molar refractivity (Wildman–Crippen MR) is 142 cm³/mol. The molecule has 3 aromatic carbocycles. The van der Waals surface area contributed by atoms with E-state index in [9.17, 15) is 18.0 Å². The van der Waals surface area contributed by atoms with Gasteiger partial charge in [-0.15, -0.1) is 10.2 Å². The summed E-state index contributed by atoms with van der Waals surface area (Å²) in [6, 6.07) is 21.9. The van der Waals surface area contributed by atoms with Crippen LogP contribution in [0.1, 0.15) is 40.2 Å². The van der Waals surface area contributed by atoms with Gasteiger partial charge in [0, 0.05) is 43.6 Å². The quantitative estimate of drug-likeness (QED) is 0.265. The van der Waals surface area contributed by atoms with E-state index in [1.165, 1.54) is 12.1 Å². The fourth-order valence-corrected chi connectivity index (χ4v) is 4.68. The smallest absolute Gasteiger partial charge is 0.416 e. The van der Waals surface area contributed by atoms with E-state index < -0.39 is 11.7 Å². The first-order chi connectivity index (χ1) is 19.2. The highest BCUT2D eigenvalue weighted by Gasteiger charge is 2.31. The van der Waals surface area contributed by atoms with E-state index >= 15 is 0 Å². The number of amides is 1. The maximum atomic E-state index is 12.8. The van der Waals surface area contributed by atoms with Crippen molar-refractivity contribution in [2.75, 3.05) is 20.1 Å². The average molecular weight is 551 g/mol. The second-order valence-corrected chi connectivity index (χ2v) is 9.87. The van der Waals surface area contributed by atoms with Crippen LogP contribution in [-0.4, -0.2) is 52.1 Å². The summed E-state index contributed by atoms with van der Waals surface area (Å²) >= 11 is 0. The molecule has 0 bridgehead atoms. The lowest BCUT2D eigenvalue weighted by Gasteiger charge is -2.32. The number of carbonyl (C=O) groups is 1. The molecule has 4 aromatic rings. The molecule has 1 aromatic heterocycles. The largest absolute Gasteiger partial charge is 0.490 e. The summed E-state index contributed by atoms with van der Waals surface area (Å²) in [4.78, 5) is 16.5. The number of aromatic nitrogens is 2. The third-order valence-electron chi connectivity index (χ3n) is 6.73. The molecule has 0 radical (unpaired) electrons. The molecule has 1 fully saturated rings. The number of ether oxygens (including phenoxy) is 1. The fraction of sp³-hybridized carbons (Fsp3) is 0.300. The van der Waals surface area contributed by atoms with E-state index in [4.69, 9.17) is 9.15 Å². The minimum Gasteiger partial charge on any atom is -0.490 e. The number of rotatable bonds is 8. The van der Waals surface area contributed by atoms with Crippen LogP contribution in [0.2, 0.25) is 0 Å². The summed E-state index contributed by atoms with van der Waals surface area (Å²) in [5, 5.41) is 8.31. The molecule has 1 amide bonds. The first-order valence-electron chi connectivity index (χ1n) is 13.0. The van der Waals surface area contributed by atoms with Gasteiger partial charge in [-0.3, -0.25) is 9.69 Å². The molecule has 1 saturated heterocycles. The molecule has 2 heterocycles. The number of carbonyl (C=O) groups excluding carboxylic acids is 1. The number of likely N-dealkylation sites (tertiary alicyclic amines) is 1. The van der Waals surface area contributed by atoms with Crippen LogP contribution < -0.4 is 4.74 Å². The van der Waals surface area contributed by atoms with Crippen molar-refractivity contribution in [3.8, 4) is 17.2 Å². The minimum absolute atomic E-state index is 0.0561. The Morgan fingerprint density at radius 1 is 0.975 bits per heavy atom. The lowest BCUT2D eigenvalue weighted by Crippen LogP contribution is -2.41. The summed E-state index contributed by atoms with van der Waals surface area (Å²) < 4.78 is 50.4. The number of benzene rings is 3. The Hall–Kier alpha value is -4.18. The summed E-state index contributed by atoms with van der Waals surface area (Å²) in [5.74, 6) is 1.51. The van der Waals surface area contributed by atoms with Crippen LogP contribution >= 0.6 is 0 Å². The van der Waals surface area contributed by atoms with Gasteiger partial charge in [0.25, 0.3) is 5.91 Å². The van der Waals surface area contributed by atoms with Crippen molar-refractivity contribution in [2.24, 2.45) is 0 Å². The van der Waals surface area contributed by atoms with Crippen molar-refractivity contribution in [3.63, 3.8) is 0 Å². The Labute approximate surface area is 230 Å². The Morgan fingerprint density at radius 3 is 2.40 bits per heavy atom. The molecule has 10 heteroatoms. The predicted octanol–water partition coefficient (Wildman–Crippen LogP) is 6.07. The Balaban J connectivity index is 1.11. The van der Waals surface area contributed by atoms with Gasteiger partial charge in [-0.1, -0.05) is 30.3 Å². The Morgan fingerprint density at radius 2 is 1.70 bits per heavy atom. The Bertz CT molecular complexity index is 1420. The molecule has 7 nitrogen and oxygen atoms in total. The minimum atomic E-state index is -4.43. The van der Waals surface area contributed by atoms with Crippen molar-refractivity contribution < 1.29 is 27.1 Å². The lowest BCUT2D eigenvalue weighted by molar-refractivity contribution is -0.137. The summed E-state index contributed by atoms with van der Waals surface area (Å²) in [7, 11) is 1.98. The number of alkyl halides is 3. The number of piperidine rings is 1. The third-order valence-corrected chi connectivity index (χ3v) is 6.73. The standard InChI is InChI=1S/C30H29F3N4O3/c1-36(20-27-34-35-28(40-27)22-7-3-2-4-8-22)19-21-6-5-9-26(18-21)39-25-14-16-37(17-15-25)29(38)23-10-12-24(13-11-23)30(31,32)33/h2-13,18,25H,14-17,19-20H2,1H3. The molecule has 0 aliphatic carbocycles. The fourth-order valence-electron chi connectivity index (χ4n) is 4.68. The first kappa shape index (κ1) is 27.4. The van der Waals surface area contributed by atoms with Gasteiger partial charge in [-0.25, -0.2) is 0 Å². The van der Waals surface area contributed by atoms with Crippen LogP contribution in [0.5, 0.6) is 5.75 Å². The molecule has 208 valence electrons. The van der Waals surface area contributed by atoms with Gasteiger partial charge in [-0.05, 0) is 61.1 Å². The summed E-state index contributed by atoms with van der Waals surface area (Å²) in [5.41, 5.74) is 1.43. The SMILES string of the molecule is CN(Cc1cccc(OC2CCN(C(=O)c3ccc(C(F)(F)F)cc3)CC2)c1)Cc1nnc(-c2ccccc2)o1. The van der Waals surface area contributed by atoms with E-state index in [0.29, 0.717) is 50.8 Å². The molecule has 1 aliphatic heterocycles. The number of hydrogen-bond donors (Lipinski definition) is 0. The highest BCUT2D eigenvalue weighted by molar-refractivity contribution is 5.94. The first-order valence-corrected chi connectivity index (χ1v) is 13.0. The third kappa shape index (κ3) is 6.87. The number of halogens is 3. The molecule has 1 aliphatic rings. The maximum absolute atomic E-state index is 12.8. The lowest BCUT2D eigenvalue weighted by atomic mass is 10.1. The van der Waals surface area contributed by atoms with Crippen molar-refractivity contribution in [3.05, 3.63) is 101 Å². The molecule has 0 saturated carbocycles. The van der Waals surface area contributed by atoms with Gasteiger partial charge in [0.05, 0.1) is 12.1 Å². The van der Waals surface area contributed by atoms with Crippen molar-refractivity contribution >= 4 is 5.91 Å². The van der Waals surface area contributed by atoms with Gasteiger partial charge < -0.3 is 14.1 Å². The van der Waals surface area contributed by atoms with E-state index in [0.717, 1.165) is 29.0 Å². The highest BCUT2D eigenvalue weighted by Crippen LogP contribution is 2.29. The zero-order valence-electron chi connectivity index (χ0n) is 22.0. The number of hydrogen-bond acceptors (Lipinski definition) is 6. The van der Waals surface area contributed by atoms with Gasteiger partial charge >= 0.3 is 6.18 Å². The second kappa shape index (κ2) is 11.9. The van der Waals surface area contributed by atoms with Crippen LogP contribution in [-0.2, 0) is 19.3 Å². The van der Waals surface area contributed by atoms with Gasteiger partial charge in [0.2, 0.25) is 11.8 Å². The molecular formula is C30H29F3N4O3. The van der Waals surface area contributed by atoms with Crippen molar-refractivity contribution in [1.29, 1.82) is 0 Å². The zero-order chi connectivity index (χ0) is 28.1. The van der Waals surface area contributed by atoms with E-state index in [2.05, 4.69) is 15.1 Å². The average Bonchev–Trinajstić information content (AvgIpc) is 3.42. The molecule has 0 N–H and O–H groups in total. The van der Waals surface area contributed by atoms with Crippen molar-refractivity contribution in [2.45, 2.75) is 38.2 Å². The van der Waals surface area contributed by atoms with Gasteiger partial charge in [0.1, 0.15) is 11.9 Å². The monoisotopic (exact) mass is 550 g/mol. The van der Waals surface area contributed by atoms with Crippen LogP contribution in [0.25, 0.3) is 11.5 Å². The van der Waals surface area contributed by atoms with Crippen LogP contribution in [0.15, 0.2) is 83.3 Å². The highest BCUT2D eigenvalue weighted by atomic mass is 19.4.